The van der Waals surface area contributed by atoms with Crippen molar-refractivity contribution in [1.82, 2.24) is 4.90 Å². The van der Waals surface area contributed by atoms with Crippen LogP contribution in [0.5, 0.6) is 5.75 Å². The van der Waals surface area contributed by atoms with Crippen molar-refractivity contribution in [3.8, 4) is 11.8 Å². The number of carbonyl (C=O) groups is 1. The first-order chi connectivity index (χ1) is 15.3. The molecule has 1 aromatic rings. The number of nitrogens with zero attached hydrogens (tertiary/aromatic N) is 3. The van der Waals surface area contributed by atoms with Crippen LogP contribution in [-0.2, 0) is 15.1 Å². The van der Waals surface area contributed by atoms with E-state index in [0.717, 1.165) is 32.1 Å². The van der Waals surface area contributed by atoms with Gasteiger partial charge in [-0.2, -0.15) is 5.26 Å². The molecule has 2 bridgehead atoms. The van der Waals surface area contributed by atoms with Crippen LogP contribution in [-0.4, -0.2) is 43.1 Å². The molecule has 0 aromatic heterocycles. The Morgan fingerprint density at radius 1 is 1.38 bits per heavy atom. The van der Waals surface area contributed by atoms with E-state index in [1.165, 1.54) is 11.0 Å². The molecule has 4 saturated carbocycles. The summed E-state index contributed by atoms with van der Waals surface area (Å²) in [6, 6.07) is 7.04. The van der Waals surface area contributed by atoms with Gasteiger partial charge in [-0.05, 0) is 62.6 Å². The van der Waals surface area contributed by atoms with Crippen LogP contribution in [0.1, 0.15) is 44.1 Å². The first-order valence-electron chi connectivity index (χ1n) is 11.4. The number of amides is 1. The Balaban J connectivity index is 1.31. The third kappa shape index (κ3) is 2.73. The number of nitriles is 1. The van der Waals surface area contributed by atoms with Gasteiger partial charge in [-0.3, -0.25) is 9.69 Å². The van der Waals surface area contributed by atoms with Crippen LogP contribution < -0.4 is 10.5 Å². The predicted molar refractivity (Wildman–Crippen MR) is 113 cm³/mol. The van der Waals surface area contributed by atoms with Gasteiger partial charge >= 0.3 is 0 Å². The van der Waals surface area contributed by atoms with Gasteiger partial charge in [0.2, 0.25) is 5.91 Å². The molecule has 0 radical (unpaired) electrons. The van der Waals surface area contributed by atoms with Crippen molar-refractivity contribution in [3.63, 3.8) is 0 Å². The number of aliphatic imine (C=N–C) groups is 1. The highest BCUT2D eigenvalue weighted by Crippen LogP contribution is 2.72. The Bertz CT molecular complexity index is 1060. The Hall–Kier alpha value is -2.66. The Kier molecular flexibility index (Phi) is 4.02. The van der Waals surface area contributed by atoms with Gasteiger partial charge in [-0.15, -0.1) is 0 Å². The van der Waals surface area contributed by atoms with Crippen molar-refractivity contribution < 1.29 is 18.7 Å². The van der Waals surface area contributed by atoms with E-state index in [1.807, 2.05) is 0 Å². The quantitative estimate of drug-likeness (QED) is 0.762. The van der Waals surface area contributed by atoms with E-state index >= 15 is 4.39 Å². The number of ether oxygens (including phenoxy) is 2. The molecule has 2 aliphatic heterocycles. The van der Waals surface area contributed by atoms with Crippen LogP contribution in [0.4, 0.5) is 4.39 Å². The number of rotatable bonds is 5. The average molecular weight is 439 g/mol. The third-order valence-electron chi connectivity index (χ3n) is 8.32. The summed E-state index contributed by atoms with van der Waals surface area (Å²) in [5.74, 6) is -0.0436. The highest BCUT2D eigenvalue weighted by Gasteiger charge is 2.68. The van der Waals surface area contributed by atoms with Gasteiger partial charge in [-0.25, -0.2) is 9.38 Å². The SMILES string of the molecule is CN1C(=O)[C@@H]2C[C@H](C3CC3)OC[C@]2(c2cc(OCC34CC(C#N)(C3)C4)ccc2F)N=C1N. The van der Waals surface area contributed by atoms with Crippen LogP contribution in [0.15, 0.2) is 23.2 Å². The maximum atomic E-state index is 15.2. The molecule has 6 aliphatic rings. The van der Waals surface area contributed by atoms with Crippen molar-refractivity contribution in [2.24, 2.45) is 33.4 Å². The topological polar surface area (TPSA) is 101 Å². The first kappa shape index (κ1) is 20.0. The van der Waals surface area contributed by atoms with Crippen molar-refractivity contribution in [2.75, 3.05) is 20.3 Å². The van der Waals surface area contributed by atoms with E-state index < -0.39 is 17.3 Å². The fraction of sp³-hybridized carbons (Fsp3) is 0.625. The Morgan fingerprint density at radius 3 is 2.81 bits per heavy atom. The summed E-state index contributed by atoms with van der Waals surface area (Å²) in [6.07, 6.45) is 5.32. The highest BCUT2D eigenvalue weighted by molar-refractivity contribution is 6.00. The molecule has 7 rings (SSSR count). The summed E-state index contributed by atoms with van der Waals surface area (Å²) in [5, 5.41) is 9.22. The average Bonchev–Trinajstić information content (AvgIpc) is 3.57. The number of nitrogens with two attached hydrogens (primary N) is 1. The lowest BCUT2D eigenvalue weighted by atomic mass is 9.36. The zero-order valence-electron chi connectivity index (χ0n) is 18.1. The second-order valence-electron chi connectivity index (χ2n) is 10.6. The summed E-state index contributed by atoms with van der Waals surface area (Å²) in [6.45, 7) is 0.624. The lowest BCUT2D eigenvalue weighted by Crippen LogP contribution is -2.63. The molecule has 8 heteroatoms. The van der Waals surface area contributed by atoms with Gasteiger partial charge in [0.25, 0.3) is 0 Å². The fourth-order valence-electron chi connectivity index (χ4n) is 6.43. The van der Waals surface area contributed by atoms with Gasteiger partial charge < -0.3 is 15.2 Å². The molecule has 1 saturated heterocycles. The summed E-state index contributed by atoms with van der Waals surface area (Å²) >= 11 is 0. The Labute approximate surface area is 186 Å². The molecule has 2 heterocycles. The van der Waals surface area contributed by atoms with Gasteiger partial charge in [0.1, 0.15) is 17.1 Å². The monoisotopic (exact) mass is 438 g/mol. The molecule has 2 N–H and O–H groups in total. The molecule has 4 aliphatic carbocycles. The second kappa shape index (κ2) is 6.44. The molecule has 0 spiro atoms. The summed E-state index contributed by atoms with van der Waals surface area (Å²) in [4.78, 5) is 19.3. The summed E-state index contributed by atoms with van der Waals surface area (Å²) < 4.78 is 27.4. The molecule has 3 atom stereocenters. The van der Waals surface area contributed by atoms with E-state index in [9.17, 15) is 10.1 Å². The zero-order valence-corrected chi connectivity index (χ0v) is 18.1. The molecule has 7 nitrogen and oxygen atoms in total. The number of benzene rings is 1. The largest absolute Gasteiger partial charge is 0.493 e. The predicted octanol–water partition coefficient (Wildman–Crippen LogP) is 2.70. The van der Waals surface area contributed by atoms with E-state index in [2.05, 4.69) is 11.1 Å². The van der Waals surface area contributed by atoms with E-state index in [1.54, 1.807) is 19.2 Å². The van der Waals surface area contributed by atoms with Gasteiger partial charge in [0, 0.05) is 18.0 Å². The van der Waals surface area contributed by atoms with Gasteiger partial charge in [-0.1, -0.05) is 0 Å². The minimum atomic E-state index is -1.19. The number of halogens is 1. The molecular formula is C24H27FN4O3. The minimum absolute atomic E-state index is 0.000715. The lowest BCUT2D eigenvalue weighted by molar-refractivity contribution is -0.181. The lowest BCUT2D eigenvalue weighted by Gasteiger charge is -2.66. The van der Waals surface area contributed by atoms with Crippen LogP contribution in [0.2, 0.25) is 0 Å². The Morgan fingerprint density at radius 2 is 2.12 bits per heavy atom. The number of hydrogen-bond donors (Lipinski definition) is 1. The molecule has 5 fully saturated rings. The first-order valence-corrected chi connectivity index (χ1v) is 11.4. The maximum Gasteiger partial charge on any atom is 0.235 e. The number of carbonyl (C=O) groups excluding carboxylic acids is 1. The number of fused-ring (bicyclic) bond motifs is 1. The normalized spacial score (nSPS) is 39.8. The van der Waals surface area contributed by atoms with Crippen molar-refractivity contribution >= 4 is 11.9 Å². The van der Waals surface area contributed by atoms with Crippen molar-refractivity contribution in [2.45, 2.75) is 50.2 Å². The third-order valence-corrected chi connectivity index (χ3v) is 8.32. The van der Waals surface area contributed by atoms with Crippen LogP contribution >= 0.6 is 0 Å². The van der Waals surface area contributed by atoms with Crippen molar-refractivity contribution in [3.05, 3.63) is 29.6 Å². The standard InChI is InChI=1S/C24H27FN4O3/c1-29-20(30)17-7-19(14-2-3-14)32-13-24(17,28-21(29)27)16-6-15(4-5-18(16)25)31-12-23-8-22(9-23,10-23)11-26/h4-6,14,17,19H,2-3,7-10,12-13H2,1H3,(H2,27,28)/t17-,19+,22?,23?,24+/m0/s1. The summed E-state index contributed by atoms with van der Waals surface area (Å²) in [7, 11) is 1.61. The van der Waals surface area contributed by atoms with Crippen molar-refractivity contribution in [1.29, 1.82) is 5.26 Å². The maximum absolute atomic E-state index is 15.2. The van der Waals surface area contributed by atoms with E-state index in [4.69, 9.17) is 15.2 Å². The fourth-order valence-corrected chi connectivity index (χ4v) is 6.43. The number of guanidine groups is 1. The molecule has 168 valence electrons. The number of hydrogen-bond acceptors (Lipinski definition) is 6. The van der Waals surface area contributed by atoms with E-state index in [0.29, 0.717) is 30.3 Å². The molecule has 0 unspecified atom stereocenters. The molecule has 1 amide bonds. The van der Waals surface area contributed by atoms with Crippen LogP contribution in [0, 0.1) is 39.8 Å². The zero-order chi connectivity index (χ0) is 22.3. The molecule has 32 heavy (non-hydrogen) atoms. The van der Waals surface area contributed by atoms with Gasteiger partial charge in [0.15, 0.2) is 5.96 Å². The van der Waals surface area contributed by atoms with Crippen LogP contribution in [0.25, 0.3) is 0 Å². The second-order valence-corrected chi connectivity index (χ2v) is 10.6. The van der Waals surface area contributed by atoms with Crippen LogP contribution in [0.3, 0.4) is 0 Å². The summed E-state index contributed by atoms with van der Waals surface area (Å²) in [5.41, 5.74) is 5.13. The van der Waals surface area contributed by atoms with E-state index in [-0.39, 0.29) is 35.4 Å². The van der Waals surface area contributed by atoms with Gasteiger partial charge in [0.05, 0.1) is 36.7 Å². The highest BCUT2D eigenvalue weighted by atomic mass is 19.1. The smallest absolute Gasteiger partial charge is 0.235 e. The molecular weight excluding hydrogens is 411 g/mol. The minimum Gasteiger partial charge on any atom is -0.493 e. The molecule has 1 aromatic carbocycles.